The maximum absolute atomic E-state index is 11.7. The van der Waals surface area contributed by atoms with E-state index in [1.54, 1.807) is 11.8 Å². The molecule has 0 unspecified atom stereocenters. The summed E-state index contributed by atoms with van der Waals surface area (Å²) in [6.45, 7) is 3.31. The maximum atomic E-state index is 11.7. The second-order valence-electron chi connectivity index (χ2n) is 6.40. The molecule has 3 heterocycles. The third-order valence-electron chi connectivity index (χ3n) is 4.61. The largest absolute Gasteiger partial charge is 0.356 e. The van der Waals surface area contributed by atoms with Crippen LogP contribution in [-0.4, -0.2) is 51.5 Å². The summed E-state index contributed by atoms with van der Waals surface area (Å²) in [5, 5.41) is 9.25. The van der Waals surface area contributed by atoms with Crippen LogP contribution in [0.1, 0.15) is 25.7 Å². The summed E-state index contributed by atoms with van der Waals surface area (Å²) >= 11 is 1.55. The summed E-state index contributed by atoms with van der Waals surface area (Å²) in [4.78, 5) is 23.4. The van der Waals surface area contributed by atoms with Gasteiger partial charge in [0.05, 0.1) is 18.1 Å². The predicted molar refractivity (Wildman–Crippen MR) is 94.3 cm³/mol. The Morgan fingerprint density at radius 3 is 2.83 bits per heavy atom. The Kier molecular flexibility index (Phi) is 4.30. The van der Waals surface area contributed by atoms with Crippen LogP contribution in [0.2, 0.25) is 0 Å². The van der Waals surface area contributed by atoms with Crippen LogP contribution in [-0.2, 0) is 11.3 Å². The minimum absolute atomic E-state index is 0.170. The SMILES string of the molecule is CSc1nc(N2CCCC2)c2cnn(CCNC(=O)C3CC3)c2n1. The van der Waals surface area contributed by atoms with Crippen LogP contribution in [0.3, 0.4) is 0 Å². The van der Waals surface area contributed by atoms with Crippen LogP contribution in [0.5, 0.6) is 0 Å². The Labute approximate surface area is 145 Å². The van der Waals surface area contributed by atoms with Gasteiger partial charge in [0.15, 0.2) is 10.8 Å². The second-order valence-corrected chi connectivity index (χ2v) is 7.17. The Morgan fingerprint density at radius 2 is 2.12 bits per heavy atom. The van der Waals surface area contributed by atoms with E-state index in [9.17, 15) is 4.79 Å². The highest BCUT2D eigenvalue weighted by molar-refractivity contribution is 7.98. The third kappa shape index (κ3) is 3.07. The maximum Gasteiger partial charge on any atom is 0.223 e. The molecule has 2 aromatic rings. The molecule has 0 bridgehead atoms. The smallest absolute Gasteiger partial charge is 0.223 e. The Hall–Kier alpha value is -1.83. The van der Waals surface area contributed by atoms with E-state index in [4.69, 9.17) is 4.98 Å². The summed E-state index contributed by atoms with van der Waals surface area (Å²) in [5.41, 5.74) is 0.858. The molecule has 1 saturated carbocycles. The highest BCUT2D eigenvalue weighted by atomic mass is 32.2. The minimum atomic E-state index is 0.170. The van der Waals surface area contributed by atoms with Crippen molar-refractivity contribution in [3.05, 3.63) is 6.20 Å². The van der Waals surface area contributed by atoms with Crippen LogP contribution < -0.4 is 10.2 Å². The molecule has 1 N–H and O–H groups in total. The highest BCUT2D eigenvalue weighted by Gasteiger charge is 2.29. The first-order valence-corrected chi connectivity index (χ1v) is 9.79. The summed E-state index contributed by atoms with van der Waals surface area (Å²) in [6, 6.07) is 0. The minimum Gasteiger partial charge on any atom is -0.356 e. The van der Waals surface area contributed by atoms with Gasteiger partial charge in [0.1, 0.15) is 5.82 Å². The summed E-state index contributed by atoms with van der Waals surface area (Å²) in [5.74, 6) is 1.41. The molecule has 4 rings (SSSR count). The van der Waals surface area contributed by atoms with Gasteiger partial charge in [0.25, 0.3) is 0 Å². The lowest BCUT2D eigenvalue weighted by Crippen LogP contribution is -2.28. The van der Waals surface area contributed by atoms with Crippen LogP contribution >= 0.6 is 11.8 Å². The molecule has 8 heteroatoms. The van der Waals surface area contributed by atoms with E-state index in [-0.39, 0.29) is 11.8 Å². The van der Waals surface area contributed by atoms with Gasteiger partial charge in [-0.25, -0.2) is 14.6 Å². The fourth-order valence-corrected chi connectivity index (χ4v) is 3.48. The number of thioether (sulfide) groups is 1. The molecule has 0 radical (unpaired) electrons. The van der Waals surface area contributed by atoms with Crippen LogP contribution in [0.4, 0.5) is 5.82 Å². The van der Waals surface area contributed by atoms with E-state index < -0.39 is 0 Å². The van der Waals surface area contributed by atoms with E-state index in [0.29, 0.717) is 13.1 Å². The monoisotopic (exact) mass is 346 g/mol. The highest BCUT2D eigenvalue weighted by Crippen LogP contribution is 2.29. The van der Waals surface area contributed by atoms with Crippen molar-refractivity contribution in [3.63, 3.8) is 0 Å². The number of hydrogen-bond donors (Lipinski definition) is 1. The van der Waals surface area contributed by atoms with E-state index >= 15 is 0 Å². The predicted octanol–water partition coefficient (Wildman–Crippen LogP) is 1.67. The molecule has 0 atom stereocenters. The molecule has 1 aliphatic carbocycles. The van der Waals surface area contributed by atoms with Gasteiger partial charge in [-0.1, -0.05) is 11.8 Å². The summed E-state index contributed by atoms with van der Waals surface area (Å²) in [6.07, 6.45) is 8.32. The molecule has 2 aromatic heterocycles. The van der Waals surface area contributed by atoms with Gasteiger partial charge in [-0.3, -0.25) is 4.79 Å². The molecular formula is C16H22N6OS. The zero-order chi connectivity index (χ0) is 16.5. The van der Waals surface area contributed by atoms with Gasteiger partial charge < -0.3 is 10.2 Å². The second kappa shape index (κ2) is 6.58. The molecule has 1 aliphatic heterocycles. The van der Waals surface area contributed by atoms with Crippen molar-refractivity contribution in [2.75, 3.05) is 30.8 Å². The van der Waals surface area contributed by atoms with Crippen LogP contribution in [0.15, 0.2) is 11.4 Å². The standard InChI is InChI=1S/C16H22N6OS/c1-24-16-19-13(21-7-2-3-8-21)12-10-18-22(14(12)20-16)9-6-17-15(23)11-4-5-11/h10-11H,2-9H2,1H3,(H,17,23). The number of carbonyl (C=O) groups is 1. The van der Waals surface area contributed by atoms with Crippen molar-refractivity contribution < 1.29 is 4.79 Å². The average molecular weight is 346 g/mol. The Balaban J connectivity index is 1.57. The quantitative estimate of drug-likeness (QED) is 0.633. The van der Waals surface area contributed by atoms with Crippen molar-refractivity contribution in [3.8, 4) is 0 Å². The third-order valence-corrected chi connectivity index (χ3v) is 5.16. The first-order chi connectivity index (χ1) is 11.8. The normalized spacial score (nSPS) is 17.6. The summed E-state index contributed by atoms with van der Waals surface area (Å²) in [7, 11) is 0. The number of hydrogen-bond acceptors (Lipinski definition) is 6. The molecule has 128 valence electrons. The van der Waals surface area contributed by atoms with Crippen molar-refractivity contribution >= 4 is 34.5 Å². The fraction of sp³-hybridized carbons (Fsp3) is 0.625. The topological polar surface area (TPSA) is 75.9 Å². The van der Waals surface area contributed by atoms with Gasteiger partial charge in [-0.15, -0.1) is 0 Å². The van der Waals surface area contributed by atoms with E-state index in [1.807, 2.05) is 17.1 Å². The first-order valence-electron chi connectivity index (χ1n) is 8.56. The number of rotatable bonds is 6. The number of fused-ring (bicyclic) bond motifs is 1. The van der Waals surface area contributed by atoms with Gasteiger partial charge in [-0.2, -0.15) is 5.10 Å². The first kappa shape index (κ1) is 15.7. The summed E-state index contributed by atoms with van der Waals surface area (Å²) < 4.78 is 1.88. The number of aromatic nitrogens is 4. The Morgan fingerprint density at radius 1 is 1.33 bits per heavy atom. The fourth-order valence-electron chi connectivity index (χ4n) is 3.12. The molecule has 7 nitrogen and oxygen atoms in total. The Bertz CT molecular complexity index is 750. The molecule has 0 aromatic carbocycles. The van der Waals surface area contributed by atoms with Gasteiger partial charge in [-0.05, 0) is 31.9 Å². The molecule has 0 spiro atoms. The van der Waals surface area contributed by atoms with Crippen molar-refractivity contribution in [1.82, 2.24) is 25.1 Å². The lowest BCUT2D eigenvalue weighted by molar-refractivity contribution is -0.122. The zero-order valence-electron chi connectivity index (χ0n) is 13.9. The molecule has 24 heavy (non-hydrogen) atoms. The van der Waals surface area contributed by atoms with E-state index in [1.165, 1.54) is 12.8 Å². The molecular weight excluding hydrogens is 324 g/mol. The molecule has 1 amide bonds. The zero-order valence-corrected chi connectivity index (χ0v) is 14.7. The number of amides is 1. The number of nitrogens with one attached hydrogen (secondary N) is 1. The molecule has 2 aliphatic rings. The van der Waals surface area contributed by atoms with Gasteiger partial charge in [0.2, 0.25) is 5.91 Å². The van der Waals surface area contributed by atoms with Crippen molar-refractivity contribution in [2.24, 2.45) is 5.92 Å². The number of carbonyl (C=O) groups excluding carboxylic acids is 1. The lowest BCUT2D eigenvalue weighted by Gasteiger charge is -2.17. The lowest BCUT2D eigenvalue weighted by atomic mass is 10.3. The molecule has 2 fully saturated rings. The molecule has 1 saturated heterocycles. The average Bonchev–Trinajstić information content (AvgIpc) is 3.16. The van der Waals surface area contributed by atoms with E-state index in [2.05, 4.69) is 20.3 Å². The van der Waals surface area contributed by atoms with E-state index in [0.717, 1.165) is 47.9 Å². The van der Waals surface area contributed by atoms with Crippen molar-refractivity contribution in [1.29, 1.82) is 0 Å². The van der Waals surface area contributed by atoms with Gasteiger partial charge >= 0.3 is 0 Å². The van der Waals surface area contributed by atoms with Gasteiger partial charge in [0, 0.05) is 25.6 Å². The van der Waals surface area contributed by atoms with Crippen molar-refractivity contribution in [2.45, 2.75) is 37.4 Å². The number of anilines is 1. The van der Waals surface area contributed by atoms with Crippen LogP contribution in [0.25, 0.3) is 11.0 Å². The number of nitrogens with zero attached hydrogens (tertiary/aromatic N) is 5. The van der Waals surface area contributed by atoms with Crippen LogP contribution in [0, 0.1) is 5.92 Å².